The van der Waals surface area contributed by atoms with Crippen LogP contribution in [0.1, 0.15) is 23.6 Å². The molecule has 7 heteroatoms. The van der Waals surface area contributed by atoms with Crippen molar-refractivity contribution in [1.29, 1.82) is 0 Å². The van der Waals surface area contributed by atoms with Gasteiger partial charge in [0.05, 0.1) is 11.4 Å². The molecular weight excluding hydrogens is 398 g/mol. The van der Waals surface area contributed by atoms with Crippen LogP contribution in [0.2, 0.25) is 0 Å². The predicted molar refractivity (Wildman–Crippen MR) is 120 cm³/mol. The highest BCUT2D eigenvalue weighted by molar-refractivity contribution is 7.89. The first kappa shape index (κ1) is 22.3. The van der Waals surface area contributed by atoms with Crippen LogP contribution >= 0.6 is 0 Å². The first-order chi connectivity index (χ1) is 14.2. The molecular formula is C23H31N3O3S. The molecule has 3 rings (SSSR count). The first-order valence-electron chi connectivity index (χ1n) is 10.4. The summed E-state index contributed by atoms with van der Waals surface area (Å²) in [6.07, 6.45) is 0. The maximum absolute atomic E-state index is 12.9. The Morgan fingerprint density at radius 1 is 0.967 bits per heavy atom. The van der Waals surface area contributed by atoms with Crippen LogP contribution in [-0.2, 0) is 14.8 Å². The summed E-state index contributed by atoms with van der Waals surface area (Å²) in [4.78, 5) is 17.2. The molecule has 0 bridgehead atoms. The highest BCUT2D eigenvalue weighted by Gasteiger charge is 2.29. The van der Waals surface area contributed by atoms with Crippen LogP contribution in [0.3, 0.4) is 0 Å². The summed E-state index contributed by atoms with van der Waals surface area (Å²) in [7, 11) is -3.69. The lowest BCUT2D eigenvalue weighted by molar-refractivity contribution is -0.131. The number of likely N-dealkylation sites (N-methyl/N-ethyl adjacent to an activating group) is 1. The van der Waals surface area contributed by atoms with Crippen molar-refractivity contribution < 1.29 is 13.2 Å². The number of hydrogen-bond donors (Lipinski definition) is 0. The number of rotatable bonds is 6. The molecule has 1 amide bonds. The third kappa shape index (κ3) is 4.68. The number of carbonyl (C=O) groups excluding carboxylic acids is 1. The van der Waals surface area contributed by atoms with Gasteiger partial charge in [-0.3, -0.25) is 4.79 Å². The highest BCUT2D eigenvalue weighted by atomic mass is 32.2. The quantitative estimate of drug-likeness (QED) is 0.708. The Morgan fingerprint density at radius 3 is 2.20 bits per heavy atom. The maximum atomic E-state index is 12.9. The molecule has 6 nitrogen and oxygen atoms in total. The second kappa shape index (κ2) is 9.18. The van der Waals surface area contributed by atoms with Crippen molar-refractivity contribution in [2.45, 2.75) is 32.6 Å². The minimum absolute atomic E-state index is 0.129. The van der Waals surface area contributed by atoms with Gasteiger partial charge < -0.3 is 9.80 Å². The molecule has 0 atom stereocenters. The Balaban J connectivity index is 1.64. The monoisotopic (exact) mass is 429 g/mol. The normalized spacial score (nSPS) is 15.0. The van der Waals surface area contributed by atoms with Crippen LogP contribution in [0, 0.1) is 20.8 Å². The van der Waals surface area contributed by atoms with Gasteiger partial charge in [0.25, 0.3) is 0 Å². The maximum Gasteiger partial charge on any atom is 0.243 e. The molecule has 1 aliphatic rings. The van der Waals surface area contributed by atoms with E-state index < -0.39 is 10.0 Å². The van der Waals surface area contributed by atoms with Crippen LogP contribution < -0.4 is 4.90 Å². The average molecular weight is 430 g/mol. The fourth-order valence-corrected chi connectivity index (χ4v) is 5.15. The zero-order valence-corrected chi connectivity index (χ0v) is 19.1. The lowest BCUT2D eigenvalue weighted by Gasteiger charge is -2.37. The van der Waals surface area contributed by atoms with Gasteiger partial charge >= 0.3 is 0 Å². The van der Waals surface area contributed by atoms with Crippen LogP contribution in [0.25, 0.3) is 0 Å². The zero-order valence-electron chi connectivity index (χ0n) is 18.3. The SMILES string of the molecule is CCN(CC(=O)N1CCN(c2cccc(C)c2C)CC1)S(=O)(=O)c1ccc(C)cc1. The molecule has 0 saturated carbocycles. The molecule has 2 aromatic rings. The average Bonchev–Trinajstić information content (AvgIpc) is 2.74. The largest absolute Gasteiger partial charge is 0.368 e. The van der Waals surface area contributed by atoms with Gasteiger partial charge in [0.1, 0.15) is 0 Å². The van der Waals surface area contributed by atoms with E-state index in [0.717, 1.165) is 18.7 Å². The summed E-state index contributed by atoms with van der Waals surface area (Å²) in [6.45, 7) is 10.7. The molecule has 0 spiro atoms. The number of amides is 1. The van der Waals surface area contributed by atoms with Crippen LogP contribution in [0.5, 0.6) is 0 Å². The predicted octanol–water partition coefficient (Wildman–Crippen LogP) is 2.97. The van der Waals surface area contributed by atoms with Crippen LogP contribution in [-0.4, -0.2) is 62.8 Å². The van der Waals surface area contributed by atoms with E-state index in [-0.39, 0.29) is 23.9 Å². The van der Waals surface area contributed by atoms with E-state index in [1.165, 1.54) is 21.1 Å². The smallest absolute Gasteiger partial charge is 0.243 e. The molecule has 0 radical (unpaired) electrons. The molecule has 1 aliphatic heterocycles. The summed E-state index contributed by atoms with van der Waals surface area (Å²) in [6, 6.07) is 13.0. The van der Waals surface area contributed by atoms with E-state index in [9.17, 15) is 13.2 Å². The molecule has 0 unspecified atom stereocenters. The number of carbonyl (C=O) groups is 1. The van der Waals surface area contributed by atoms with Gasteiger partial charge in [0.15, 0.2) is 0 Å². The van der Waals surface area contributed by atoms with Gasteiger partial charge in [-0.1, -0.05) is 36.8 Å². The van der Waals surface area contributed by atoms with Crippen molar-refractivity contribution in [2.24, 2.45) is 0 Å². The van der Waals surface area contributed by atoms with E-state index >= 15 is 0 Å². The molecule has 1 fully saturated rings. The van der Waals surface area contributed by atoms with Crippen molar-refractivity contribution in [3.63, 3.8) is 0 Å². The van der Waals surface area contributed by atoms with Crippen molar-refractivity contribution in [3.8, 4) is 0 Å². The second-order valence-corrected chi connectivity index (χ2v) is 9.77. The van der Waals surface area contributed by atoms with Gasteiger partial charge in [-0.2, -0.15) is 4.31 Å². The molecule has 0 aliphatic carbocycles. The van der Waals surface area contributed by atoms with Crippen molar-refractivity contribution in [1.82, 2.24) is 9.21 Å². The van der Waals surface area contributed by atoms with Crippen LogP contribution in [0.15, 0.2) is 47.4 Å². The Kier molecular flexibility index (Phi) is 6.83. The number of anilines is 1. The first-order valence-corrected chi connectivity index (χ1v) is 11.8. The lowest BCUT2D eigenvalue weighted by atomic mass is 10.1. The molecule has 30 heavy (non-hydrogen) atoms. The van der Waals surface area contributed by atoms with Crippen molar-refractivity contribution in [3.05, 3.63) is 59.2 Å². The van der Waals surface area contributed by atoms with Gasteiger partial charge in [-0.15, -0.1) is 0 Å². The number of sulfonamides is 1. The van der Waals surface area contributed by atoms with E-state index in [0.29, 0.717) is 13.1 Å². The summed E-state index contributed by atoms with van der Waals surface area (Å²) in [5.74, 6) is -0.145. The number of nitrogens with zero attached hydrogens (tertiary/aromatic N) is 3. The molecule has 0 aromatic heterocycles. The Morgan fingerprint density at radius 2 is 1.60 bits per heavy atom. The molecule has 0 N–H and O–H groups in total. The van der Waals surface area contributed by atoms with Gasteiger partial charge in [0, 0.05) is 38.4 Å². The Labute approximate surface area is 180 Å². The summed E-state index contributed by atoms with van der Waals surface area (Å²) < 4.78 is 27.2. The van der Waals surface area contributed by atoms with Crippen molar-refractivity contribution in [2.75, 3.05) is 44.2 Å². The molecule has 1 heterocycles. The van der Waals surface area contributed by atoms with Gasteiger partial charge in [0.2, 0.25) is 15.9 Å². The number of aryl methyl sites for hydroxylation is 2. The third-order valence-corrected chi connectivity index (χ3v) is 7.81. The summed E-state index contributed by atoms with van der Waals surface area (Å²) >= 11 is 0. The minimum Gasteiger partial charge on any atom is -0.368 e. The summed E-state index contributed by atoms with van der Waals surface area (Å²) in [5, 5.41) is 0. The number of hydrogen-bond acceptors (Lipinski definition) is 4. The third-order valence-electron chi connectivity index (χ3n) is 5.87. The standard InChI is InChI=1S/C23H31N3O3S/c1-5-26(30(28,29)21-11-9-18(2)10-12-21)17-23(27)25-15-13-24(14-16-25)22-8-6-7-19(3)20(22)4/h6-12H,5,13-17H2,1-4H3. The van der Waals surface area contributed by atoms with E-state index in [1.807, 2.05) is 6.92 Å². The molecule has 162 valence electrons. The highest BCUT2D eigenvalue weighted by Crippen LogP contribution is 2.24. The summed E-state index contributed by atoms with van der Waals surface area (Å²) in [5.41, 5.74) is 4.72. The van der Waals surface area contributed by atoms with Gasteiger partial charge in [-0.05, 0) is 50.1 Å². The number of benzene rings is 2. The lowest BCUT2D eigenvalue weighted by Crippen LogP contribution is -2.52. The molecule has 2 aromatic carbocycles. The molecule has 1 saturated heterocycles. The fraction of sp³-hybridized carbons (Fsp3) is 0.435. The van der Waals surface area contributed by atoms with Gasteiger partial charge in [-0.25, -0.2) is 8.42 Å². The fourth-order valence-electron chi connectivity index (χ4n) is 3.75. The zero-order chi connectivity index (χ0) is 21.9. The van der Waals surface area contributed by atoms with Crippen LogP contribution in [0.4, 0.5) is 5.69 Å². The van der Waals surface area contributed by atoms with E-state index in [1.54, 1.807) is 36.1 Å². The van der Waals surface area contributed by atoms with Crippen molar-refractivity contribution >= 4 is 21.6 Å². The minimum atomic E-state index is -3.69. The second-order valence-electron chi connectivity index (χ2n) is 7.83. The number of piperazine rings is 1. The van der Waals surface area contributed by atoms with E-state index in [2.05, 4.69) is 36.9 Å². The Bertz CT molecular complexity index is 995. The van der Waals surface area contributed by atoms with E-state index in [4.69, 9.17) is 0 Å². The Hall–Kier alpha value is -2.38. The topological polar surface area (TPSA) is 60.9 Å².